The summed E-state index contributed by atoms with van der Waals surface area (Å²) in [6, 6.07) is 12.3. The van der Waals surface area contributed by atoms with Crippen molar-refractivity contribution >= 4 is 39.1 Å². The van der Waals surface area contributed by atoms with Gasteiger partial charge in [0.15, 0.2) is 0 Å². The highest BCUT2D eigenvalue weighted by atomic mass is 35.5. The number of ether oxygens (including phenoxy) is 2. The van der Waals surface area contributed by atoms with E-state index in [2.05, 4.69) is 57.0 Å². The zero-order valence-electron chi connectivity index (χ0n) is 32.1. The normalized spacial score (nSPS) is 16.9. The minimum atomic E-state index is 0.353. The van der Waals surface area contributed by atoms with E-state index in [1.54, 1.807) is 7.11 Å². The van der Waals surface area contributed by atoms with Crippen LogP contribution >= 0.6 is 11.6 Å². The molecule has 0 amide bonds. The molecule has 2 aromatic carbocycles. The van der Waals surface area contributed by atoms with Crippen LogP contribution in [0.1, 0.15) is 144 Å². The van der Waals surface area contributed by atoms with Crippen LogP contribution in [0.5, 0.6) is 5.75 Å². The predicted molar refractivity (Wildman–Crippen MR) is 215 cm³/mol. The first-order valence-electron chi connectivity index (χ1n) is 20.1. The molecule has 0 bridgehead atoms. The molecule has 4 rings (SSSR count). The van der Waals surface area contributed by atoms with Gasteiger partial charge in [-0.3, -0.25) is 0 Å². The molecule has 3 atom stereocenters. The van der Waals surface area contributed by atoms with Gasteiger partial charge in [-0.2, -0.15) is 0 Å². The third kappa shape index (κ3) is 14.6. The Hall–Kier alpha value is -2.08. The Bertz CT molecular complexity index is 1310. The summed E-state index contributed by atoms with van der Waals surface area (Å²) in [7, 11) is 1.69. The van der Waals surface area contributed by atoms with Crippen molar-refractivity contribution in [3.63, 3.8) is 0 Å². The molecule has 5 nitrogen and oxygen atoms in total. The Morgan fingerprint density at radius 3 is 2.22 bits per heavy atom. The zero-order valence-corrected chi connectivity index (χ0v) is 32.9. The van der Waals surface area contributed by atoms with Crippen LogP contribution in [0.2, 0.25) is 5.02 Å². The highest BCUT2D eigenvalue weighted by molar-refractivity contribution is 6.31. The molecule has 1 aliphatic heterocycles. The summed E-state index contributed by atoms with van der Waals surface area (Å²) in [4.78, 5) is 7.27. The summed E-state index contributed by atoms with van der Waals surface area (Å²) in [6.07, 6.45) is 23.9. The van der Waals surface area contributed by atoms with Gasteiger partial charge in [-0.15, -0.1) is 0 Å². The second kappa shape index (κ2) is 24.2. The Morgan fingerprint density at radius 2 is 1.53 bits per heavy atom. The maximum absolute atomic E-state index is 6.22. The van der Waals surface area contributed by atoms with Gasteiger partial charge >= 0.3 is 0 Å². The van der Waals surface area contributed by atoms with Crippen LogP contribution in [0.15, 0.2) is 36.4 Å². The first kappa shape index (κ1) is 41.3. The maximum atomic E-state index is 6.22. The number of pyridine rings is 1. The quantitative estimate of drug-likeness (QED) is 0.0837. The molecular weight excluding hydrogens is 626 g/mol. The number of nitrogens with one attached hydrogen (secondary N) is 1. The summed E-state index contributed by atoms with van der Waals surface area (Å²) < 4.78 is 11.5. The van der Waals surface area contributed by atoms with Crippen molar-refractivity contribution < 1.29 is 9.47 Å². The van der Waals surface area contributed by atoms with Crippen molar-refractivity contribution in [2.24, 2.45) is 5.92 Å². The summed E-state index contributed by atoms with van der Waals surface area (Å²) in [5.74, 6) is 1.70. The van der Waals surface area contributed by atoms with Crippen molar-refractivity contribution in [2.45, 2.75) is 156 Å². The van der Waals surface area contributed by atoms with Crippen molar-refractivity contribution in [2.75, 3.05) is 38.7 Å². The molecule has 0 aliphatic carbocycles. The highest BCUT2D eigenvalue weighted by Crippen LogP contribution is 2.35. The molecule has 276 valence electrons. The van der Waals surface area contributed by atoms with E-state index in [0.717, 1.165) is 71.8 Å². The van der Waals surface area contributed by atoms with E-state index in [4.69, 9.17) is 26.1 Å². The van der Waals surface area contributed by atoms with Gasteiger partial charge in [0.05, 0.1) is 29.9 Å². The maximum Gasteiger partial charge on any atom is 0.119 e. The summed E-state index contributed by atoms with van der Waals surface area (Å²) >= 11 is 6.22. The van der Waals surface area contributed by atoms with Crippen LogP contribution in [0.3, 0.4) is 0 Å². The van der Waals surface area contributed by atoms with Crippen LogP contribution in [0.4, 0.5) is 5.69 Å². The lowest BCUT2D eigenvalue weighted by molar-refractivity contribution is -0.0352. The highest BCUT2D eigenvalue weighted by Gasteiger charge is 2.25. The monoisotopic (exact) mass is 696 g/mol. The Kier molecular flexibility index (Phi) is 20.4. The smallest absolute Gasteiger partial charge is 0.119 e. The molecule has 1 N–H and O–H groups in total. The van der Waals surface area contributed by atoms with Crippen molar-refractivity contribution in [3.8, 4) is 5.75 Å². The van der Waals surface area contributed by atoms with E-state index in [1.807, 2.05) is 24.3 Å². The van der Waals surface area contributed by atoms with E-state index < -0.39 is 0 Å². The summed E-state index contributed by atoms with van der Waals surface area (Å²) in [5, 5.41) is 6.61. The van der Waals surface area contributed by atoms with Gasteiger partial charge < -0.3 is 19.7 Å². The Labute approximate surface area is 305 Å². The number of hydrogen-bond donors (Lipinski definition) is 1. The molecule has 1 aliphatic rings. The summed E-state index contributed by atoms with van der Waals surface area (Å²) in [6.45, 7) is 15.7. The van der Waals surface area contributed by atoms with Crippen molar-refractivity contribution in [1.29, 1.82) is 0 Å². The van der Waals surface area contributed by atoms with Gasteiger partial charge in [-0.25, -0.2) is 4.98 Å². The summed E-state index contributed by atoms with van der Waals surface area (Å²) in [5.41, 5.74) is 2.95. The molecule has 6 heteroatoms. The van der Waals surface area contributed by atoms with Crippen LogP contribution in [-0.2, 0) is 4.74 Å². The minimum Gasteiger partial charge on any atom is -0.497 e. The molecule has 0 spiro atoms. The molecular formula is C43H70ClN3O2. The first-order valence-corrected chi connectivity index (χ1v) is 20.5. The van der Waals surface area contributed by atoms with Gasteiger partial charge in [0, 0.05) is 28.4 Å². The predicted octanol–water partition coefficient (Wildman–Crippen LogP) is 12.9. The number of benzene rings is 2. The molecule has 49 heavy (non-hydrogen) atoms. The van der Waals surface area contributed by atoms with E-state index in [1.165, 1.54) is 103 Å². The minimum absolute atomic E-state index is 0.353. The van der Waals surface area contributed by atoms with Crippen LogP contribution in [-0.4, -0.2) is 55.4 Å². The molecule has 1 saturated heterocycles. The number of hydrogen-bond acceptors (Lipinski definition) is 5. The number of halogens is 1. The number of aromatic nitrogens is 1. The molecule has 1 unspecified atom stereocenters. The lowest BCUT2D eigenvalue weighted by atomic mass is 9.86. The van der Waals surface area contributed by atoms with Gasteiger partial charge in [-0.1, -0.05) is 110 Å². The van der Waals surface area contributed by atoms with E-state index >= 15 is 0 Å². The second-order valence-electron chi connectivity index (χ2n) is 14.3. The zero-order chi connectivity index (χ0) is 35.3. The molecule has 2 heterocycles. The fraction of sp³-hybridized carbons (Fsp3) is 0.698. The Balaban J connectivity index is 0.000000278. The molecule has 0 radical (unpaired) electrons. The molecule has 1 aromatic heterocycles. The number of rotatable bonds is 22. The topological polar surface area (TPSA) is 46.6 Å². The standard InChI is InChI=1S/C23H30ClN3O.C20H40O/c1-5-27(6-2)13-7-8-16(3)25-23-19-11-9-17(24)14-22(19)26-21-12-10-18(28-4)15-20(21)23;1-3-5-7-9-11-13-17-20-19(16-14-18-21-20)15-12-10-8-6-4-2/h9-12,14-16H,5-8,13H2,1-4H3,(H,25,26);19-20H,3-18H2,1-2H3/t;19-,20+/m.0/s1. The largest absolute Gasteiger partial charge is 0.497 e. The second-order valence-corrected chi connectivity index (χ2v) is 14.8. The van der Waals surface area contributed by atoms with Crippen LogP contribution in [0, 0.1) is 5.92 Å². The molecule has 3 aromatic rings. The van der Waals surface area contributed by atoms with Gasteiger partial charge in [0.25, 0.3) is 0 Å². The number of fused-ring (bicyclic) bond motifs is 2. The van der Waals surface area contributed by atoms with Crippen LogP contribution < -0.4 is 10.1 Å². The van der Waals surface area contributed by atoms with Gasteiger partial charge in [0.2, 0.25) is 0 Å². The van der Waals surface area contributed by atoms with Gasteiger partial charge in [0.1, 0.15) is 5.75 Å². The fourth-order valence-corrected chi connectivity index (χ4v) is 7.51. The number of nitrogens with zero attached hydrogens (tertiary/aromatic N) is 2. The lowest BCUT2D eigenvalue weighted by Gasteiger charge is -2.32. The van der Waals surface area contributed by atoms with Crippen LogP contribution in [0.25, 0.3) is 21.8 Å². The number of anilines is 1. The SMILES string of the molecule is CCCCCCCC[C@H]1OCCC[C@@H]1CCCCCCC.CCN(CC)CCCC(C)Nc1c2ccc(Cl)cc2nc2ccc(OC)cc12. The van der Waals surface area contributed by atoms with Crippen molar-refractivity contribution in [3.05, 3.63) is 41.4 Å². The van der Waals surface area contributed by atoms with E-state index in [0.29, 0.717) is 17.2 Å². The fourth-order valence-electron chi connectivity index (χ4n) is 7.35. The first-order chi connectivity index (χ1) is 23.9. The number of unbranched alkanes of at least 4 members (excludes halogenated alkanes) is 9. The molecule has 1 fully saturated rings. The third-order valence-corrected chi connectivity index (χ3v) is 10.7. The molecule has 0 saturated carbocycles. The average Bonchev–Trinajstić information content (AvgIpc) is 3.12. The average molecular weight is 697 g/mol. The Morgan fingerprint density at radius 1 is 0.837 bits per heavy atom. The van der Waals surface area contributed by atoms with E-state index in [9.17, 15) is 0 Å². The van der Waals surface area contributed by atoms with Gasteiger partial charge in [-0.05, 0) is 107 Å². The number of methoxy groups -OCH3 is 1. The van der Waals surface area contributed by atoms with Crippen molar-refractivity contribution in [1.82, 2.24) is 9.88 Å². The lowest BCUT2D eigenvalue weighted by Crippen LogP contribution is -2.29. The van der Waals surface area contributed by atoms with E-state index in [-0.39, 0.29) is 0 Å². The third-order valence-electron chi connectivity index (χ3n) is 10.4.